The number of carbonyl (C=O) groups is 2. The van der Waals surface area contributed by atoms with Crippen LogP contribution in [0.4, 0.5) is 0 Å². The van der Waals surface area contributed by atoms with Crippen LogP contribution in [-0.4, -0.2) is 64.1 Å². The van der Waals surface area contributed by atoms with Crippen molar-refractivity contribution in [1.82, 2.24) is 20.0 Å². The lowest BCUT2D eigenvalue weighted by Crippen LogP contribution is -2.66. The Morgan fingerprint density at radius 3 is 2.87 bits per heavy atom. The molecule has 0 aliphatic carbocycles. The molecule has 4 atom stereocenters. The summed E-state index contributed by atoms with van der Waals surface area (Å²) in [6, 6.07) is 10.3. The summed E-state index contributed by atoms with van der Waals surface area (Å²) >= 11 is 0. The van der Waals surface area contributed by atoms with Crippen LogP contribution < -0.4 is 4.74 Å². The van der Waals surface area contributed by atoms with Gasteiger partial charge in [-0.25, -0.2) is 0 Å². The molecule has 1 N–H and O–H groups in total. The van der Waals surface area contributed by atoms with Gasteiger partial charge in [0.1, 0.15) is 11.4 Å². The predicted octanol–water partition coefficient (Wildman–Crippen LogP) is 2.81. The first-order valence-corrected chi connectivity index (χ1v) is 11.3. The van der Waals surface area contributed by atoms with Gasteiger partial charge in [0, 0.05) is 37.3 Å². The Balaban J connectivity index is 1.44. The minimum Gasteiger partial charge on any atom is -0.497 e. The van der Waals surface area contributed by atoms with Gasteiger partial charge in [0.05, 0.1) is 7.11 Å². The fourth-order valence-corrected chi connectivity index (χ4v) is 5.93. The largest absolute Gasteiger partial charge is 0.497 e. The number of fused-ring (bicyclic) bond motifs is 4. The lowest BCUT2D eigenvalue weighted by molar-refractivity contribution is -0.151. The van der Waals surface area contributed by atoms with Crippen molar-refractivity contribution in [3.63, 3.8) is 0 Å². The van der Waals surface area contributed by atoms with E-state index in [0.717, 1.165) is 37.1 Å². The fourth-order valence-electron chi connectivity index (χ4n) is 5.93. The molecule has 2 bridgehead atoms. The number of ether oxygens (including phenoxy) is 1. The van der Waals surface area contributed by atoms with Gasteiger partial charge in [-0.1, -0.05) is 12.1 Å². The van der Waals surface area contributed by atoms with E-state index in [2.05, 4.69) is 27.2 Å². The Labute approximate surface area is 182 Å². The summed E-state index contributed by atoms with van der Waals surface area (Å²) in [4.78, 5) is 30.4. The molecule has 7 nitrogen and oxygen atoms in total. The van der Waals surface area contributed by atoms with Crippen LogP contribution in [-0.2, 0) is 11.2 Å². The first kappa shape index (κ1) is 20.1. The zero-order valence-electron chi connectivity index (χ0n) is 18.2. The highest BCUT2D eigenvalue weighted by molar-refractivity contribution is 5.92. The molecule has 3 aliphatic heterocycles. The van der Waals surface area contributed by atoms with E-state index in [0.29, 0.717) is 31.1 Å². The molecule has 31 heavy (non-hydrogen) atoms. The molecule has 0 saturated carbocycles. The minimum atomic E-state index is -0.00485. The fraction of sp³-hybridized carbons (Fsp3) is 0.542. The number of benzene rings is 1. The van der Waals surface area contributed by atoms with E-state index in [1.165, 1.54) is 5.56 Å². The third kappa shape index (κ3) is 3.70. The first-order valence-electron chi connectivity index (χ1n) is 11.3. The quantitative estimate of drug-likeness (QED) is 0.822. The van der Waals surface area contributed by atoms with Crippen molar-refractivity contribution >= 4 is 11.8 Å². The van der Waals surface area contributed by atoms with E-state index < -0.39 is 0 Å². The molecule has 0 spiro atoms. The number of carbonyl (C=O) groups excluding carboxylic acids is 2. The Kier molecular flexibility index (Phi) is 5.20. The van der Waals surface area contributed by atoms with Crippen LogP contribution in [0, 0.1) is 18.8 Å². The summed E-state index contributed by atoms with van der Waals surface area (Å²) in [7, 11) is 1.68. The second-order valence-electron chi connectivity index (χ2n) is 9.29. The molecule has 4 heterocycles. The van der Waals surface area contributed by atoms with Crippen molar-refractivity contribution in [2.45, 2.75) is 51.1 Å². The van der Waals surface area contributed by atoms with Crippen molar-refractivity contribution in [3.05, 3.63) is 47.3 Å². The minimum absolute atomic E-state index is 0.00485. The molecular formula is C24H30N4O3. The molecule has 164 valence electrons. The summed E-state index contributed by atoms with van der Waals surface area (Å²) < 4.78 is 5.41. The summed E-state index contributed by atoms with van der Waals surface area (Å²) in [6.07, 6.45) is 4.48. The van der Waals surface area contributed by atoms with Crippen molar-refractivity contribution in [3.8, 4) is 5.75 Å². The normalized spacial score (nSPS) is 27.7. The van der Waals surface area contributed by atoms with Gasteiger partial charge < -0.3 is 14.5 Å². The predicted molar refractivity (Wildman–Crippen MR) is 116 cm³/mol. The van der Waals surface area contributed by atoms with Crippen LogP contribution in [0.3, 0.4) is 0 Å². The molecule has 0 unspecified atom stereocenters. The van der Waals surface area contributed by atoms with Gasteiger partial charge in [-0.15, -0.1) is 0 Å². The SMILES string of the molecule is COc1cccc(C[C@H]2[C@H]3C[C@H](CN(C(=O)c4cc(C)[nH]n4)C3)[C@@H]3CCCC(=O)N32)c1. The van der Waals surface area contributed by atoms with Gasteiger partial charge in [-0.2, -0.15) is 5.10 Å². The Morgan fingerprint density at radius 1 is 1.26 bits per heavy atom. The molecular weight excluding hydrogens is 392 g/mol. The van der Waals surface area contributed by atoms with Crippen molar-refractivity contribution in [1.29, 1.82) is 0 Å². The van der Waals surface area contributed by atoms with Gasteiger partial charge in [0.25, 0.3) is 5.91 Å². The zero-order valence-corrected chi connectivity index (χ0v) is 18.2. The van der Waals surface area contributed by atoms with Gasteiger partial charge in [0.2, 0.25) is 5.91 Å². The standard InChI is InChI=1S/C24H30N4O3/c1-15-9-20(26-25-15)24(30)27-13-17-12-18(14-27)22(28-21(17)7-4-8-23(28)29)11-16-5-3-6-19(10-16)31-2/h3,5-6,9-10,17-18,21-22H,4,7-8,11-14H2,1-2H3,(H,25,26)/t17-,18+,21+,22+/m1/s1. The maximum absolute atomic E-state index is 13.2. The number of nitrogens with one attached hydrogen (secondary N) is 1. The average Bonchev–Trinajstić information content (AvgIpc) is 3.22. The number of aromatic nitrogens is 2. The molecule has 3 aliphatic rings. The van der Waals surface area contributed by atoms with Gasteiger partial charge in [0.15, 0.2) is 0 Å². The lowest BCUT2D eigenvalue weighted by atomic mass is 9.70. The summed E-state index contributed by atoms with van der Waals surface area (Å²) in [5, 5.41) is 7.07. The second-order valence-corrected chi connectivity index (χ2v) is 9.29. The van der Waals surface area contributed by atoms with E-state index in [1.54, 1.807) is 7.11 Å². The molecule has 3 saturated heterocycles. The Morgan fingerprint density at radius 2 is 2.10 bits per heavy atom. The van der Waals surface area contributed by atoms with E-state index in [1.807, 2.05) is 30.0 Å². The van der Waals surface area contributed by atoms with E-state index in [4.69, 9.17) is 4.74 Å². The zero-order chi connectivity index (χ0) is 21.5. The van der Waals surface area contributed by atoms with Crippen LogP contribution in [0.5, 0.6) is 5.75 Å². The molecule has 1 aromatic carbocycles. The van der Waals surface area contributed by atoms with E-state index in [-0.39, 0.29) is 29.8 Å². The number of aryl methyl sites for hydroxylation is 1. The van der Waals surface area contributed by atoms with Crippen LogP contribution >= 0.6 is 0 Å². The topological polar surface area (TPSA) is 78.5 Å². The van der Waals surface area contributed by atoms with E-state index >= 15 is 0 Å². The number of hydrogen-bond acceptors (Lipinski definition) is 4. The highest BCUT2D eigenvalue weighted by Gasteiger charge is 2.50. The maximum atomic E-state index is 13.2. The molecule has 3 fully saturated rings. The lowest BCUT2D eigenvalue weighted by Gasteiger charge is -2.56. The van der Waals surface area contributed by atoms with Gasteiger partial charge in [-0.05, 0) is 68.2 Å². The smallest absolute Gasteiger partial charge is 0.274 e. The monoisotopic (exact) mass is 422 g/mol. The van der Waals surface area contributed by atoms with Crippen LogP contribution in [0.2, 0.25) is 0 Å². The molecule has 2 amide bonds. The number of aromatic amines is 1. The average molecular weight is 423 g/mol. The Hall–Kier alpha value is -2.83. The highest BCUT2D eigenvalue weighted by atomic mass is 16.5. The van der Waals surface area contributed by atoms with E-state index in [9.17, 15) is 9.59 Å². The Bertz CT molecular complexity index is 987. The third-order valence-electron chi connectivity index (χ3n) is 7.29. The summed E-state index contributed by atoms with van der Waals surface area (Å²) in [5.74, 6) is 1.72. The molecule has 5 rings (SSSR count). The molecule has 0 radical (unpaired) electrons. The number of amides is 2. The molecule has 2 aromatic rings. The summed E-state index contributed by atoms with van der Waals surface area (Å²) in [5.41, 5.74) is 2.55. The van der Waals surface area contributed by atoms with Crippen molar-refractivity contribution in [2.75, 3.05) is 20.2 Å². The van der Waals surface area contributed by atoms with Crippen LogP contribution in [0.25, 0.3) is 0 Å². The summed E-state index contributed by atoms with van der Waals surface area (Å²) in [6.45, 7) is 3.29. The third-order valence-corrected chi connectivity index (χ3v) is 7.29. The number of hydrogen-bond donors (Lipinski definition) is 1. The van der Waals surface area contributed by atoms with Gasteiger partial charge >= 0.3 is 0 Å². The highest BCUT2D eigenvalue weighted by Crippen LogP contribution is 2.43. The number of piperidine rings is 3. The number of methoxy groups -OCH3 is 1. The number of H-pyrrole nitrogens is 1. The number of nitrogens with zero attached hydrogens (tertiary/aromatic N) is 3. The number of likely N-dealkylation sites (tertiary alicyclic amines) is 1. The molecule has 1 aromatic heterocycles. The molecule has 7 heteroatoms. The van der Waals surface area contributed by atoms with Crippen molar-refractivity contribution < 1.29 is 14.3 Å². The maximum Gasteiger partial charge on any atom is 0.274 e. The van der Waals surface area contributed by atoms with Gasteiger partial charge in [-0.3, -0.25) is 14.7 Å². The van der Waals surface area contributed by atoms with Crippen LogP contribution in [0.15, 0.2) is 30.3 Å². The van der Waals surface area contributed by atoms with Crippen molar-refractivity contribution in [2.24, 2.45) is 11.8 Å². The first-order chi connectivity index (χ1) is 15.0. The second kappa shape index (κ2) is 8.02. The van der Waals surface area contributed by atoms with Crippen LogP contribution in [0.1, 0.15) is 47.4 Å². The number of rotatable bonds is 4.